The van der Waals surface area contributed by atoms with Gasteiger partial charge in [0.2, 0.25) is 0 Å². The predicted octanol–water partition coefficient (Wildman–Crippen LogP) is 3.02. The lowest BCUT2D eigenvalue weighted by Gasteiger charge is -2.23. The second-order valence-corrected chi connectivity index (χ2v) is 7.91. The third-order valence-electron chi connectivity index (χ3n) is 5.54. The molecule has 2 rings (SSSR count). The number of nitrogens with one attached hydrogen (secondary N) is 2. The highest BCUT2D eigenvalue weighted by Gasteiger charge is 2.13. The van der Waals surface area contributed by atoms with Crippen LogP contribution in [0.15, 0.2) is 9.98 Å². The maximum Gasteiger partial charge on any atom is 0.188 e. The molecule has 6 N–H and O–H groups in total. The lowest BCUT2D eigenvalue weighted by Crippen LogP contribution is -2.41. The standard InChI is InChI=1S/C20H40N6/c21-19(25-17-11-5-3-6-12-17)23-15-9-1-2-10-16-24-20(22)26-18-13-7-4-8-14-18/h17-18H,1-16H2,(H3,21,23,25)(H3,22,24,26). The van der Waals surface area contributed by atoms with Crippen LogP contribution in [0.2, 0.25) is 0 Å². The van der Waals surface area contributed by atoms with Gasteiger partial charge in [-0.05, 0) is 38.5 Å². The Morgan fingerprint density at radius 1 is 0.615 bits per heavy atom. The van der Waals surface area contributed by atoms with E-state index in [0.29, 0.717) is 24.0 Å². The average Bonchev–Trinajstić information content (AvgIpc) is 2.65. The van der Waals surface area contributed by atoms with Gasteiger partial charge in [-0.15, -0.1) is 0 Å². The zero-order valence-electron chi connectivity index (χ0n) is 16.5. The van der Waals surface area contributed by atoms with E-state index in [0.717, 1.165) is 25.9 Å². The van der Waals surface area contributed by atoms with E-state index in [4.69, 9.17) is 11.5 Å². The summed E-state index contributed by atoms with van der Waals surface area (Å²) in [5.74, 6) is 1.26. The molecule has 2 fully saturated rings. The number of hydrogen-bond donors (Lipinski definition) is 4. The van der Waals surface area contributed by atoms with Gasteiger partial charge in [-0.2, -0.15) is 0 Å². The van der Waals surface area contributed by atoms with E-state index in [1.807, 2.05) is 0 Å². The number of nitrogens with two attached hydrogens (primary N) is 2. The minimum atomic E-state index is 0.540. The Hall–Kier alpha value is -1.46. The Morgan fingerprint density at radius 2 is 1.00 bits per heavy atom. The monoisotopic (exact) mass is 364 g/mol. The van der Waals surface area contributed by atoms with Gasteiger partial charge in [0, 0.05) is 25.2 Å². The molecular formula is C20H40N6. The summed E-state index contributed by atoms with van der Waals surface area (Å²) in [7, 11) is 0. The molecule has 0 amide bonds. The van der Waals surface area contributed by atoms with Crippen LogP contribution < -0.4 is 22.1 Å². The van der Waals surface area contributed by atoms with Crippen molar-refractivity contribution in [1.82, 2.24) is 10.6 Å². The third-order valence-corrected chi connectivity index (χ3v) is 5.54. The largest absolute Gasteiger partial charge is 0.370 e. The molecule has 0 bridgehead atoms. The Bertz CT molecular complexity index is 382. The molecule has 0 atom stereocenters. The first kappa shape index (κ1) is 20.8. The smallest absolute Gasteiger partial charge is 0.188 e. The maximum absolute atomic E-state index is 5.98. The lowest BCUT2D eigenvalue weighted by atomic mass is 9.96. The van der Waals surface area contributed by atoms with Crippen LogP contribution in [0, 0.1) is 0 Å². The SMILES string of the molecule is NC(=NCCCCCCN=C(N)NC1CCCCC1)NC1CCCCC1. The maximum atomic E-state index is 5.98. The summed E-state index contributed by atoms with van der Waals surface area (Å²) in [6.07, 6.45) is 17.4. The van der Waals surface area contributed by atoms with Gasteiger partial charge in [0.15, 0.2) is 11.9 Å². The topological polar surface area (TPSA) is 101 Å². The molecule has 0 aromatic rings. The van der Waals surface area contributed by atoms with Gasteiger partial charge in [-0.1, -0.05) is 51.4 Å². The van der Waals surface area contributed by atoms with Crippen molar-refractivity contribution in [2.24, 2.45) is 21.5 Å². The van der Waals surface area contributed by atoms with Crippen LogP contribution >= 0.6 is 0 Å². The van der Waals surface area contributed by atoms with Gasteiger partial charge in [0.05, 0.1) is 0 Å². The molecule has 0 saturated heterocycles. The summed E-state index contributed by atoms with van der Waals surface area (Å²) in [6, 6.07) is 1.08. The molecule has 6 heteroatoms. The van der Waals surface area contributed by atoms with E-state index in [2.05, 4.69) is 20.6 Å². The molecule has 0 aromatic heterocycles. The molecule has 0 aromatic carbocycles. The van der Waals surface area contributed by atoms with Gasteiger partial charge in [0.25, 0.3) is 0 Å². The molecule has 0 unspecified atom stereocenters. The zero-order valence-corrected chi connectivity index (χ0v) is 16.5. The highest BCUT2D eigenvalue weighted by molar-refractivity contribution is 5.78. The third kappa shape index (κ3) is 9.30. The van der Waals surface area contributed by atoms with E-state index >= 15 is 0 Å². The number of nitrogens with zero attached hydrogens (tertiary/aromatic N) is 2. The Kier molecular flexibility index (Phi) is 10.3. The van der Waals surface area contributed by atoms with Gasteiger partial charge in [-0.3, -0.25) is 9.98 Å². The van der Waals surface area contributed by atoms with Gasteiger partial charge in [0.1, 0.15) is 0 Å². The fourth-order valence-corrected chi connectivity index (χ4v) is 3.98. The first-order chi connectivity index (χ1) is 12.7. The highest BCUT2D eigenvalue weighted by Crippen LogP contribution is 2.17. The molecule has 0 radical (unpaired) electrons. The van der Waals surface area contributed by atoms with Crippen molar-refractivity contribution in [3.63, 3.8) is 0 Å². The summed E-state index contributed by atoms with van der Waals surface area (Å²) >= 11 is 0. The zero-order chi connectivity index (χ0) is 18.5. The van der Waals surface area contributed by atoms with E-state index in [9.17, 15) is 0 Å². The first-order valence-corrected chi connectivity index (χ1v) is 10.9. The minimum absolute atomic E-state index is 0.540. The highest BCUT2D eigenvalue weighted by atomic mass is 15.1. The van der Waals surface area contributed by atoms with E-state index in [-0.39, 0.29) is 0 Å². The second-order valence-electron chi connectivity index (χ2n) is 7.91. The van der Waals surface area contributed by atoms with E-state index in [1.165, 1.54) is 77.0 Å². The normalized spacial score (nSPS) is 20.9. The number of unbranched alkanes of at least 4 members (excludes halogenated alkanes) is 3. The van der Waals surface area contributed by atoms with Crippen molar-refractivity contribution in [3.8, 4) is 0 Å². The summed E-state index contributed by atoms with van der Waals surface area (Å²) in [4.78, 5) is 8.91. The molecule has 150 valence electrons. The van der Waals surface area contributed by atoms with Crippen molar-refractivity contribution in [3.05, 3.63) is 0 Å². The summed E-state index contributed by atoms with van der Waals surface area (Å²) in [5, 5.41) is 6.73. The molecule has 2 saturated carbocycles. The number of guanidine groups is 2. The number of rotatable bonds is 9. The van der Waals surface area contributed by atoms with Crippen LogP contribution in [-0.2, 0) is 0 Å². The first-order valence-electron chi connectivity index (χ1n) is 10.9. The van der Waals surface area contributed by atoms with Crippen molar-refractivity contribution in [2.45, 2.75) is 102 Å². The fraction of sp³-hybridized carbons (Fsp3) is 0.900. The van der Waals surface area contributed by atoms with Crippen LogP contribution in [0.5, 0.6) is 0 Å². The van der Waals surface area contributed by atoms with Crippen molar-refractivity contribution >= 4 is 11.9 Å². The average molecular weight is 365 g/mol. The quantitative estimate of drug-likeness (QED) is 0.287. The van der Waals surface area contributed by atoms with Crippen LogP contribution in [0.25, 0.3) is 0 Å². The predicted molar refractivity (Wildman–Crippen MR) is 111 cm³/mol. The molecule has 0 spiro atoms. The van der Waals surface area contributed by atoms with Gasteiger partial charge in [-0.25, -0.2) is 0 Å². The lowest BCUT2D eigenvalue weighted by molar-refractivity contribution is 0.412. The Labute approximate surface area is 159 Å². The molecule has 26 heavy (non-hydrogen) atoms. The summed E-state index contributed by atoms with van der Waals surface area (Å²) in [5.41, 5.74) is 12.0. The fourth-order valence-electron chi connectivity index (χ4n) is 3.98. The van der Waals surface area contributed by atoms with Gasteiger partial charge < -0.3 is 22.1 Å². The summed E-state index contributed by atoms with van der Waals surface area (Å²) < 4.78 is 0. The van der Waals surface area contributed by atoms with E-state index in [1.54, 1.807) is 0 Å². The van der Waals surface area contributed by atoms with Gasteiger partial charge >= 0.3 is 0 Å². The van der Waals surface area contributed by atoms with E-state index < -0.39 is 0 Å². The van der Waals surface area contributed by atoms with Crippen LogP contribution in [0.1, 0.15) is 89.9 Å². The molecule has 2 aliphatic rings. The van der Waals surface area contributed by atoms with Crippen LogP contribution in [0.4, 0.5) is 0 Å². The Morgan fingerprint density at radius 3 is 1.38 bits per heavy atom. The number of hydrogen-bond acceptors (Lipinski definition) is 2. The van der Waals surface area contributed by atoms with Crippen molar-refractivity contribution in [2.75, 3.05) is 13.1 Å². The molecule has 6 nitrogen and oxygen atoms in total. The Balaban J connectivity index is 1.44. The molecule has 0 aliphatic heterocycles. The van der Waals surface area contributed by atoms with Crippen molar-refractivity contribution < 1.29 is 0 Å². The summed E-state index contributed by atoms with van der Waals surface area (Å²) in [6.45, 7) is 1.64. The minimum Gasteiger partial charge on any atom is -0.370 e. The molecule has 0 heterocycles. The van der Waals surface area contributed by atoms with Crippen LogP contribution in [0.3, 0.4) is 0 Å². The van der Waals surface area contributed by atoms with Crippen LogP contribution in [-0.4, -0.2) is 37.1 Å². The molecular weight excluding hydrogens is 324 g/mol. The van der Waals surface area contributed by atoms with Crippen molar-refractivity contribution in [1.29, 1.82) is 0 Å². The second kappa shape index (κ2) is 12.8. The molecule has 2 aliphatic carbocycles. The number of aliphatic imine (C=N–C) groups is 2.